The Balaban J connectivity index is 2.40. The molecule has 1 aliphatic heterocycles. The molecule has 0 atom stereocenters. The monoisotopic (exact) mass is 224 g/mol. The molecule has 3 N–H and O–H groups in total. The predicted molar refractivity (Wildman–Crippen MR) is 57.9 cm³/mol. The van der Waals surface area contributed by atoms with Crippen molar-refractivity contribution in [3.8, 4) is 0 Å². The highest BCUT2D eigenvalue weighted by molar-refractivity contribution is 5.59. The van der Waals surface area contributed by atoms with Crippen LogP contribution in [0.3, 0.4) is 0 Å². The summed E-state index contributed by atoms with van der Waals surface area (Å²) >= 11 is 0. The third-order valence-electron chi connectivity index (χ3n) is 2.48. The number of hydrazine groups is 1. The maximum Gasteiger partial charge on any atom is 0.329 e. The van der Waals surface area contributed by atoms with Gasteiger partial charge in [-0.1, -0.05) is 0 Å². The minimum Gasteiger partial charge on any atom is -0.351 e. The van der Waals surface area contributed by atoms with Gasteiger partial charge in [-0.25, -0.2) is 10.8 Å². The van der Waals surface area contributed by atoms with E-state index >= 15 is 0 Å². The number of nitro groups is 1. The van der Waals surface area contributed by atoms with E-state index in [9.17, 15) is 10.1 Å². The van der Waals surface area contributed by atoms with E-state index in [-0.39, 0.29) is 11.6 Å². The van der Waals surface area contributed by atoms with Crippen LogP contribution in [-0.4, -0.2) is 28.0 Å². The highest BCUT2D eigenvalue weighted by atomic mass is 16.6. The summed E-state index contributed by atoms with van der Waals surface area (Å²) in [5, 5.41) is 10.8. The van der Waals surface area contributed by atoms with Gasteiger partial charge in [0.15, 0.2) is 0 Å². The van der Waals surface area contributed by atoms with Crippen molar-refractivity contribution < 1.29 is 4.92 Å². The number of rotatable bonds is 3. The molecule has 1 aromatic heterocycles. The third-order valence-corrected chi connectivity index (χ3v) is 2.48. The van der Waals surface area contributed by atoms with Crippen molar-refractivity contribution in [2.24, 2.45) is 5.84 Å². The number of hydrogen-bond acceptors (Lipinski definition) is 7. The van der Waals surface area contributed by atoms with Gasteiger partial charge in [0.1, 0.15) is 6.20 Å². The summed E-state index contributed by atoms with van der Waals surface area (Å²) in [6.45, 7) is 1.56. The first-order valence-electron chi connectivity index (χ1n) is 4.95. The lowest BCUT2D eigenvalue weighted by molar-refractivity contribution is -0.384. The summed E-state index contributed by atoms with van der Waals surface area (Å²) < 4.78 is 0. The van der Waals surface area contributed by atoms with Gasteiger partial charge in [-0.05, 0) is 12.8 Å². The van der Waals surface area contributed by atoms with Crippen LogP contribution in [0.4, 0.5) is 17.5 Å². The molecular weight excluding hydrogens is 212 g/mol. The second-order valence-electron chi connectivity index (χ2n) is 3.50. The molecule has 8 nitrogen and oxygen atoms in total. The van der Waals surface area contributed by atoms with Crippen molar-refractivity contribution in [2.45, 2.75) is 12.8 Å². The first-order valence-corrected chi connectivity index (χ1v) is 4.95. The maximum absolute atomic E-state index is 10.8. The average Bonchev–Trinajstić information content (AvgIpc) is 2.81. The minimum atomic E-state index is -0.478. The topological polar surface area (TPSA) is 110 Å². The number of hydrogen-bond donors (Lipinski definition) is 2. The van der Waals surface area contributed by atoms with Crippen LogP contribution in [0.25, 0.3) is 0 Å². The summed E-state index contributed by atoms with van der Waals surface area (Å²) in [6.07, 6.45) is 3.22. The number of nitrogens with one attached hydrogen (secondary N) is 1. The molecule has 0 aromatic carbocycles. The Morgan fingerprint density at radius 1 is 1.50 bits per heavy atom. The number of aromatic nitrogens is 2. The summed E-state index contributed by atoms with van der Waals surface area (Å²) in [5.41, 5.74) is 2.20. The molecule has 0 radical (unpaired) electrons. The molecule has 16 heavy (non-hydrogen) atoms. The fraction of sp³-hybridized carbons (Fsp3) is 0.500. The number of nitrogens with two attached hydrogens (primary N) is 1. The highest BCUT2D eigenvalue weighted by Crippen LogP contribution is 2.28. The van der Waals surface area contributed by atoms with Crippen LogP contribution in [0.5, 0.6) is 0 Å². The van der Waals surface area contributed by atoms with E-state index in [0.29, 0.717) is 5.82 Å². The lowest BCUT2D eigenvalue weighted by atomic mass is 10.4. The molecule has 0 bridgehead atoms. The zero-order valence-corrected chi connectivity index (χ0v) is 8.59. The number of nitrogens with zero attached hydrogens (tertiary/aromatic N) is 4. The Labute approximate surface area is 91.6 Å². The van der Waals surface area contributed by atoms with Crippen molar-refractivity contribution >= 4 is 17.5 Å². The highest BCUT2D eigenvalue weighted by Gasteiger charge is 2.24. The van der Waals surface area contributed by atoms with Gasteiger partial charge >= 0.3 is 5.69 Å². The van der Waals surface area contributed by atoms with Crippen molar-refractivity contribution in [1.82, 2.24) is 9.97 Å². The van der Waals surface area contributed by atoms with Gasteiger partial charge < -0.3 is 4.90 Å². The summed E-state index contributed by atoms with van der Waals surface area (Å²) in [5.74, 6) is 5.71. The molecule has 0 unspecified atom stereocenters. The first-order chi connectivity index (χ1) is 7.72. The Kier molecular flexibility index (Phi) is 2.82. The van der Waals surface area contributed by atoms with Crippen molar-refractivity contribution in [3.05, 3.63) is 16.3 Å². The van der Waals surface area contributed by atoms with Crippen LogP contribution < -0.4 is 16.2 Å². The Morgan fingerprint density at radius 2 is 2.19 bits per heavy atom. The van der Waals surface area contributed by atoms with E-state index in [0.717, 1.165) is 25.9 Å². The van der Waals surface area contributed by atoms with E-state index in [1.807, 2.05) is 4.90 Å². The van der Waals surface area contributed by atoms with Gasteiger partial charge in [-0.2, -0.15) is 4.98 Å². The smallest absolute Gasteiger partial charge is 0.329 e. The zero-order valence-electron chi connectivity index (χ0n) is 8.59. The SMILES string of the molecule is NNc1ncc([N+](=O)[O-])c(N2CCCC2)n1. The molecule has 0 aliphatic carbocycles. The third kappa shape index (κ3) is 1.87. The van der Waals surface area contributed by atoms with Gasteiger partial charge in [-0.3, -0.25) is 15.5 Å². The van der Waals surface area contributed by atoms with Gasteiger partial charge in [-0.15, -0.1) is 0 Å². The second-order valence-corrected chi connectivity index (χ2v) is 3.50. The van der Waals surface area contributed by atoms with Crippen LogP contribution in [0, 0.1) is 10.1 Å². The molecule has 1 fully saturated rings. The lowest BCUT2D eigenvalue weighted by Crippen LogP contribution is -2.22. The van der Waals surface area contributed by atoms with Crippen LogP contribution in [0.2, 0.25) is 0 Å². The van der Waals surface area contributed by atoms with E-state index in [1.165, 1.54) is 6.20 Å². The molecule has 1 saturated heterocycles. The lowest BCUT2D eigenvalue weighted by Gasteiger charge is -2.16. The van der Waals surface area contributed by atoms with E-state index < -0.39 is 4.92 Å². The largest absolute Gasteiger partial charge is 0.351 e. The normalized spacial score (nSPS) is 15.2. The van der Waals surface area contributed by atoms with E-state index in [1.54, 1.807) is 0 Å². The predicted octanol–water partition coefficient (Wildman–Crippen LogP) is 0.271. The van der Waals surface area contributed by atoms with Gasteiger partial charge in [0.2, 0.25) is 11.8 Å². The molecule has 0 spiro atoms. The maximum atomic E-state index is 10.8. The summed E-state index contributed by atoms with van der Waals surface area (Å²) in [7, 11) is 0. The molecular formula is C8H12N6O2. The molecule has 1 aromatic rings. The van der Waals surface area contributed by atoms with Crippen molar-refractivity contribution in [3.63, 3.8) is 0 Å². The standard InChI is InChI=1S/C8H12N6O2/c9-12-8-10-5-6(14(15)16)7(11-8)13-3-1-2-4-13/h5H,1-4,9H2,(H,10,11,12). The zero-order chi connectivity index (χ0) is 11.5. The first kappa shape index (κ1) is 10.6. The number of nitrogen functional groups attached to an aromatic ring is 1. The van der Waals surface area contributed by atoms with Crippen molar-refractivity contribution in [2.75, 3.05) is 23.4 Å². The Hall–Kier alpha value is -1.96. The quantitative estimate of drug-likeness (QED) is 0.430. The molecule has 2 heterocycles. The molecule has 86 valence electrons. The molecule has 0 amide bonds. The summed E-state index contributed by atoms with van der Waals surface area (Å²) in [6, 6.07) is 0. The minimum absolute atomic E-state index is 0.0825. The molecule has 1 aliphatic rings. The molecule has 0 saturated carbocycles. The molecule has 8 heteroatoms. The van der Waals surface area contributed by atoms with E-state index in [4.69, 9.17) is 5.84 Å². The van der Waals surface area contributed by atoms with Crippen molar-refractivity contribution in [1.29, 1.82) is 0 Å². The fourth-order valence-electron chi connectivity index (χ4n) is 1.73. The second kappa shape index (κ2) is 4.27. The molecule has 2 rings (SSSR count). The summed E-state index contributed by atoms with van der Waals surface area (Å²) in [4.78, 5) is 20.0. The average molecular weight is 224 g/mol. The van der Waals surface area contributed by atoms with Crippen LogP contribution in [-0.2, 0) is 0 Å². The van der Waals surface area contributed by atoms with Gasteiger partial charge in [0.05, 0.1) is 4.92 Å². The Morgan fingerprint density at radius 3 is 2.75 bits per heavy atom. The van der Waals surface area contributed by atoms with Crippen LogP contribution in [0.1, 0.15) is 12.8 Å². The van der Waals surface area contributed by atoms with E-state index in [2.05, 4.69) is 15.4 Å². The fourth-order valence-corrected chi connectivity index (χ4v) is 1.73. The van der Waals surface area contributed by atoms with Gasteiger partial charge in [0, 0.05) is 13.1 Å². The van der Waals surface area contributed by atoms with Gasteiger partial charge in [0.25, 0.3) is 0 Å². The Bertz CT molecular complexity index is 404. The van der Waals surface area contributed by atoms with Crippen LogP contribution >= 0.6 is 0 Å². The number of anilines is 2. The van der Waals surface area contributed by atoms with Crippen LogP contribution in [0.15, 0.2) is 6.20 Å².